The van der Waals surface area contributed by atoms with Crippen LogP contribution >= 0.6 is 0 Å². The van der Waals surface area contributed by atoms with Crippen molar-refractivity contribution in [1.29, 1.82) is 0 Å². The molecule has 2 rings (SSSR count). The van der Waals surface area contributed by atoms with Gasteiger partial charge in [-0.3, -0.25) is 9.59 Å². The number of para-hydroxylation sites is 1. The molecule has 1 amide bonds. The molecule has 0 aliphatic rings. The van der Waals surface area contributed by atoms with Crippen molar-refractivity contribution in [1.82, 2.24) is 9.88 Å². The predicted molar refractivity (Wildman–Crippen MR) is 81.1 cm³/mol. The summed E-state index contributed by atoms with van der Waals surface area (Å²) >= 11 is 0. The van der Waals surface area contributed by atoms with Gasteiger partial charge in [0, 0.05) is 30.2 Å². The van der Waals surface area contributed by atoms with Gasteiger partial charge in [0.15, 0.2) is 0 Å². The van der Waals surface area contributed by atoms with Crippen molar-refractivity contribution in [3.63, 3.8) is 0 Å². The van der Waals surface area contributed by atoms with E-state index in [2.05, 4.69) is 16.8 Å². The van der Waals surface area contributed by atoms with E-state index in [1.165, 1.54) is 0 Å². The number of fused-ring (bicyclic) bond motifs is 1. The Balaban J connectivity index is 2.09. The molecule has 0 saturated heterocycles. The van der Waals surface area contributed by atoms with Gasteiger partial charge < -0.3 is 15.0 Å². The Morgan fingerprint density at radius 3 is 2.71 bits per heavy atom. The van der Waals surface area contributed by atoms with E-state index in [1.807, 2.05) is 30.5 Å². The Hall–Kier alpha value is -2.30. The fraction of sp³-hybridized carbons (Fsp3) is 0.375. The molecule has 21 heavy (non-hydrogen) atoms. The molecule has 2 N–H and O–H groups in total. The topological polar surface area (TPSA) is 71.3 Å². The number of aromatic nitrogens is 1. The van der Waals surface area contributed by atoms with Crippen LogP contribution in [0.5, 0.6) is 0 Å². The lowest BCUT2D eigenvalue weighted by atomic mass is 10.1. The van der Waals surface area contributed by atoms with Crippen LogP contribution in [0.2, 0.25) is 0 Å². The minimum Gasteiger partial charge on any atom is -0.481 e. The lowest BCUT2D eigenvalue weighted by Crippen LogP contribution is -2.32. The van der Waals surface area contributed by atoms with E-state index in [-0.39, 0.29) is 18.9 Å². The predicted octanol–water partition coefficient (Wildman–Crippen LogP) is 2.04. The Morgan fingerprint density at radius 1 is 1.33 bits per heavy atom. The zero-order valence-electron chi connectivity index (χ0n) is 12.3. The number of aryl methyl sites for hydroxylation is 1. The summed E-state index contributed by atoms with van der Waals surface area (Å²) in [4.78, 5) is 22.7. The first-order chi connectivity index (χ1) is 10.0. The van der Waals surface area contributed by atoms with E-state index >= 15 is 0 Å². The van der Waals surface area contributed by atoms with E-state index in [4.69, 9.17) is 5.11 Å². The van der Waals surface area contributed by atoms with Gasteiger partial charge in [-0.15, -0.1) is 0 Å². The average Bonchev–Trinajstić information content (AvgIpc) is 2.83. The molecule has 1 atom stereocenters. The number of hydrogen-bond acceptors (Lipinski definition) is 2. The number of aliphatic carboxylic acids is 1. The van der Waals surface area contributed by atoms with Gasteiger partial charge in [-0.2, -0.15) is 0 Å². The third-order valence-electron chi connectivity index (χ3n) is 3.59. The molecule has 0 spiro atoms. The van der Waals surface area contributed by atoms with Crippen LogP contribution in [-0.4, -0.2) is 28.1 Å². The van der Waals surface area contributed by atoms with Gasteiger partial charge in [-0.1, -0.05) is 25.1 Å². The molecule has 1 aromatic carbocycles. The third kappa shape index (κ3) is 3.42. The largest absolute Gasteiger partial charge is 0.481 e. The number of amides is 1. The number of rotatable bonds is 6. The van der Waals surface area contributed by atoms with Crippen molar-refractivity contribution in [2.24, 2.45) is 5.92 Å². The van der Waals surface area contributed by atoms with Crippen molar-refractivity contribution in [3.05, 3.63) is 36.0 Å². The molecule has 0 radical (unpaired) electrons. The second-order valence-electron chi connectivity index (χ2n) is 5.18. The standard InChI is InChI=1S/C16H20N2O3/c1-3-18-10-12(13-6-4-5-7-14(13)18)8-15(19)17-9-11(2)16(20)21/h4-7,10-11H,3,8-9H2,1-2H3,(H,17,19)(H,20,21). The number of carboxylic acids is 1. The highest BCUT2D eigenvalue weighted by Crippen LogP contribution is 2.21. The number of benzene rings is 1. The van der Waals surface area contributed by atoms with Gasteiger partial charge in [-0.05, 0) is 18.6 Å². The molecule has 1 aromatic heterocycles. The lowest BCUT2D eigenvalue weighted by Gasteiger charge is -2.08. The first kappa shape index (κ1) is 15.1. The Kier molecular flexibility index (Phi) is 4.62. The molecule has 1 heterocycles. The number of carboxylic acid groups (broad SMARTS) is 1. The van der Waals surface area contributed by atoms with Gasteiger partial charge in [0.05, 0.1) is 12.3 Å². The van der Waals surface area contributed by atoms with E-state index < -0.39 is 11.9 Å². The molecule has 0 aliphatic carbocycles. The maximum absolute atomic E-state index is 12.0. The van der Waals surface area contributed by atoms with E-state index in [9.17, 15) is 9.59 Å². The highest BCUT2D eigenvalue weighted by Gasteiger charge is 2.14. The van der Waals surface area contributed by atoms with Crippen LogP contribution < -0.4 is 5.32 Å². The monoisotopic (exact) mass is 288 g/mol. The summed E-state index contributed by atoms with van der Waals surface area (Å²) in [7, 11) is 0. The molecule has 2 aromatic rings. The van der Waals surface area contributed by atoms with Gasteiger partial charge in [0.25, 0.3) is 0 Å². The summed E-state index contributed by atoms with van der Waals surface area (Å²) in [6.45, 7) is 4.63. The van der Waals surface area contributed by atoms with Crippen molar-refractivity contribution in [2.45, 2.75) is 26.8 Å². The van der Waals surface area contributed by atoms with Crippen LogP contribution in [0.1, 0.15) is 19.4 Å². The normalized spacial score (nSPS) is 12.3. The fourth-order valence-electron chi connectivity index (χ4n) is 2.32. The molecule has 112 valence electrons. The van der Waals surface area contributed by atoms with Gasteiger partial charge >= 0.3 is 5.97 Å². The smallest absolute Gasteiger partial charge is 0.308 e. The molecule has 5 nitrogen and oxygen atoms in total. The van der Waals surface area contributed by atoms with Crippen molar-refractivity contribution >= 4 is 22.8 Å². The lowest BCUT2D eigenvalue weighted by molar-refractivity contribution is -0.141. The maximum Gasteiger partial charge on any atom is 0.308 e. The van der Waals surface area contributed by atoms with Crippen LogP contribution in [0.4, 0.5) is 0 Å². The van der Waals surface area contributed by atoms with Gasteiger partial charge in [0.1, 0.15) is 0 Å². The van der Waals surface area contributed by atoms with Crippen LogP contribution in [0.15, 0.2) is 30.5 Å². The van der Waals surface area contributed by atoms with Crippen LogP contribution in [0, 0.1) is 5.92 Å². The second kappa shape index (κ2) is 6.43. The Bertz CT molecular complexity index is 661. The summed E-state index contributed by atoms with van der Waals surface area (Å²) in [6.07, 6.45) is 2.25. The molecular formula is C16H20N2O3. The molecule has 0 saturated carbocycles. The van der Waals surface area contributed by atoms with Crippen molar-refractivity contribution in [3.8, 4) is 0 Å². The van der Waals surface area contributed by atoms with Crippen molar-refractivity contribution < 1.29 is 14.7 Å². The number of carbonyl (C=O) groups is 2. The number of nitrogens with zero attached hydrogens (tertiary/aromatic N) is 1. The quantitative estimate of drug-likeness (QED) is 0.854. The minimum absolute atomic E-state index is 0.151. The Labute approximate surface area is 123 Å². The van der Waals surface area contributed by atoms with Crippen LogP contribution in [0.25, 0.3) is 10.9 Å². The van der Waals surface area contributed by atoms with Crippen LogP contribution in [-0.2, 0) is 22.6 Å². The summed E-state index contributed by atoms with van der Waals surface area (Å²) < 4.78 is 2.11. The van der Waals surface area contributed by atoms with E-state index in [0.717, 1.165) is 23.0 Å². The number of nitrogens with one attached hydrogen (secondary N) is 1. The molecule has 0 aliphatic heterocycles. The summed E-state index contributed by atoms with van der Waals surface area (Å²) in [5.41, 5.74) is 2.08. The molecule has 1 unspecified atom stereocenters. The SMILES string of the molecule is CCn1cc(CC(=O)NCC(C)C(=O)O)c2ccccc21. The first-order valence-corrected chi connectivity index (χ1v) is 7.09. The molecule has 0 fully saturated rings. The zero-order chi connectivity index (χ0) is 15.4. The third-order valence-corrected chi connectivity index (χ3v) is 3.59. The molecule has 0 bridgehead atoms. The zero-order valence-corrected chi connectivity index (χ0v) is 12.3. The summed E-state index contributed by atoms with van der Waals surface area (Å²) in [5.74, 6) is -1.63. The van der Waals surface area contributed by atoms with Crippen LogP contribution in [0.3, 0.4) is 0 Å². The average molecular weight is 288 g/mol. The van der Waals surface area contributed by atoms with Crippen molar-refractivity contribution in [2.75, 3.05) is 6.54 Å². The van der Waals surface area contributed by atoms with E-state index in [1.54, 1.807) is 6.92 Å². The second-order valence-corrected chi connectivity index (χ2v) is 5.18. The van der Waals surface area contributed by atoms with E-state index in [0.29, 0.717) is 0 Å². The fourth-order valence-corrected chi connectivity index (χ4v) is 2.32. The summed E-state index contributed by atoms with van der Waals surface area (Å²) in [6, 6.07) is 7.97. The minimum atomic E-state index is -0.905. The maximum atomic E-state index is 12.0. The highest BCUT2D eigenvalue weighted by atomic mass is 16.4. The molecule has 5 heteroatoms. The first-order valence-electron chi connectivity index (χ1n) is 7.09. The number of hydrogen-bond donors (Lipinski definition) is 2. The Morgan fingerprint density at radius 2 is 2.05 bits per heavy atom. The van der Waals surface area contributed by atoms with Gasteiger partial charge in [-0.25, -0.2) is 0 Å². The number of carbonyl (C=O) groups excluding carboxylic acids is 1. The molecular weight excluding hydrogens is 268 g/mol. The highest BCUT2D eigenvalue weighted by molar-refractivity contribution is 5.89. The summed E-state index contributed by atoms with van der Waals surface area (Å²) in [5, 5.41) is 12.6. The van der Waals surface area contributed by atoms with Gasteiger partial charge in [0.2, 0.25) is 5.91 Å².